The molecule has 2 aromatic heterocycles. The summed E-state index contributed by atoms with van der Waals surface area (Å²) < 4.78 is 12.7. The zero-order chi connectivity index (χ0) is 27.0. The van der Waals surface area contributed by atoms with E-state index in [0.717, 1.165) is 36.9 Å². The first-order chi connectivity index (χ1) is 18.2. The standard InChI is InChI=1S/C27H34N6O5/c1-16-15-32(3)31-18(16)25(27(2)8-5-6-9-27)30-20-19(22(34)23(20)35)29-17-7-10-28-21(24(17)37-4)26(36)33-11-13-38-14-12-33/h7,10,15,25,30H,5-6,8-9,11-14H2,1-4H3,(H,28,29)/t25-/m0/s1. The largest absolute Gasteiger partial charge is 0.492 e. The third-order valence-electron chi connectivity index (χ3n) is 7.83. The number of ether oxygens (including phenoxy) is 2. The molecule has 2 aliphatic rings. The van der Waals surface area contributed by atoms with Crippen LogP contribution in [0.15, 0.2) is 28.0 Å². The number of hydrogen-bond donors (Lipinski definition) is 2. The molecule has 5 rings (SSSR count). The first-order valence-corrected chi connectivity index (χ1v) is 13.0. The molecule has 0 unspecified atom stereocenters. The molecule has 2 N–H and O–H groups in total. The average molecular weight is 523 g/mol. The Labute approximate surface area is 220 Å². The highest BCUT2D eigenvalue weighted by molar-refractivity contribution is 5.97. The van der Waals surface area contributed by atoms with Gasteiger partial charge in [0.25, 0.3) is 16.8 Å². The van der Waals surface area contributed by atoms with Crippen molar-refractivity contribution in [2.75, 3.05) is 44.0 Å². The van der Waals surface area contributed by atoms with E-state index in [0.29, 0.717) is 32.0 Å². The molecule has 0 radical (unpaired) electrons. The van der Waals surface area contributed by atoms with Crippen molar-refractivity contribution in [3.63, 3.8) is 0 Å². The van der Waals surface area contributed by atoms with Crippen molar-refractivity contribution in [2.24, 2.45) is 12.5 Å². The van der Waals surface area contributed by atoms with E-state index in [4.69, 9.17) is 14.6 Å². The topological polar surface area (TPSA) is 128 Å². The van der Waals surface area contributed by atoms with Crippen LogP contribution >= 0.6 is 0 Å². The molecule has 1 aliphatic heterocycles. The molecule has 1 saturated carbocycles. The molecular formula is C27H34N6O5. The fraction of sp³-hybridized carbons (Fsp3) is 0.519. The first kappa shape index (κ1) is 25.9. The third kappa shape index (κ3) is 4.55. The molecule has 1 aromatic carbocycles. The van der Waals surface area contributed by atoms with Crippen molar-refractivity contribution in [1.29, 1.82) is 0 Å². The second kappa shape index (κ2) is 10.2. The maximum absolute atomic E-state index is 13.1. The van der Waals surface area contributed by atoms with Crippen LogP contribution in [0.25, 0.3) is 0 Å². The highest BCUT2D eigenvalue weighted by atomic mass is 16.5. The molecule has 1 aliphatic carbocycles. The number of carbonyl (C=O) groups is 1. The number of nitrogens with one attached hydrogen (secondary N) is 2. The van der Waals surface area contributed by atoms with Crippen LogP contribution in [0, 0.1) is 12.3 Å². The van der Waals surface area contributed by atoms with Crippen LogP contribution in [-0.4, -0.2) is 59.0 Å². The maximum Gasteiger partial charge on any atom is 0.276 e. The minimum atomic E-state index is -0.625. The van der Waals surface area contributed by atoms with Gasteiger partial charge in [-0.3, -0.25) is 19.1 Å². The van der Waals surface area contributed by atoms with E-state index in [9.17, 15) is 14.4 Å². The molecule has 202 valence electrons. The number of amides is 1. The zero-order valence-electron chi connectivity index (χ0n) is 22.3. The summed E-state index contributed by atoms with van der Waals surface area (Å²) in [7, 11) is 3.32. The Morgan fingerprint density at radius 3 is 2.47 bits per heavy atom. The van der Waals surface area contributed by atoms with Crippen molar-refractivity contribution < 1.29 is 14.3 Å². The lowest BCUT2D eigenvalue weighted by molar-refractivity contribution is 0.0297. The Bertz CT molecular complexity index is 1410. The highest BCUT2D eigenvalue weighted by Gasteiger charge is 2.41. The molecule has 0 spiro atoms. The number of carbonyl (C=O) groups excluding carboxylic acids is 1. The number of hydrogen-bond acceptors (Lipinski definition) is 9. The number of nitrogens with zero attached hydrogens (tertiary/aromatic N) is 4. The van der Waals surface area contributed by atoms with Crippen molar-refractivity contribution >= 4 is 23.0 Å². The van der Waals surface area contributed by atoms with Crippen molar-refractivity contribution in [1.82, 2.24) is 19.7 Å². The summed E-state index contributed by atoms with van der Waals surface area (Å²) >= 11 is 0. The monoisotopic (exact) mass is 522 g/mol. The molecule has 3 aromatic rings. The van der Waals surface area contributed by atoms with Crippen LogP contribution in [0.2, 0.25) is 0 Å². The van der Waals surface area contributed by atoms with Gasteiger partial charge < -0.3 is 25.0 Å². The Morgan fingerprint density at radius 1 is 1.16 bits per heavy atom. The number of anilines is 3. The average Bonchev–Trinajstić information content (AvgIpc) is 3.52. The molecule has 38 heavy (non-hydrogen) atoms. The van der Waals surface area contributed by atoms with E-state index in [1.165, 1.54) is 13.3 Å². The summed E-state index contributed by atoms with van der Waals surface area (Å²) in [6.07, 6.45) is 7.63. The van der Waals surface area contributed by atoms with Gasteiger partial charge in [-0.25, -0.2) is 4.98 Å². The normalized spacial score (nSPS) is 17.9. The number of rotatable bonds is 8. The van der Waals surface area contributed by atoms with Crippen LogP contribution in [0.4, 0.5) is 17.1 Å². The molecule has 2 fully saturated rings. The molecule has 3 heterocycles. The van der Waals surface area contributed by atoms with Crippen LogP contribution in [0.1, 0.15) is 60.4 Å². The van der Waals surface area contributed by atoms with E-state index < -0.39 is 10.9 Å². The Kier molecular flexibility index (Phi) is 6.95. The van der Waals surface area contributed by atoms with E-state index >= 15 is 0 Å². The summed E-state index contributed by atoms with van der Waals surface area (Å²) in [4.78, 5) is 44.6. The number of morpholine rings is 1. The predicted octanol–water partition coefficient (Wildman–Crippen LogP) is 2.68. The highest BCUT2D eigenvalue weighted by Crippen LogP contribution is 2.49. The first-order valence-electron chi connectivity index (χ1n) is 13.0. The van der Waals surface area contributed by atoms with E-state index in [-0.39, 0.29) is 40.2 Å². The molecule has 0 bridgehead atoms. The van der Waals surface area contributed by atoms with Crippen LogP contribution in [0.3, 0.4) is 0 Å². The minimum Gasteiger partial charge on any atom is -0.492 e. The number of pyridine rings is 1. The lowest BCUT2D eigenvalue weighted by atomic mass is 9.78. The quantitative estimate of drug-likeness (QED) is 0.429. The fourth-order valence-electron chi connectivity index (χ4n) is 5.70. The van der Waals surface area contributed by atoms with Crippen LogP contribution in [0.5, 0.6) is 5.75 Å². The Morgan fingerprint density at radius 2 is 1.84 bits per heavy atom. The molecule has 11 heteroatoms. The van der Waals surface area contributed by atoms with Crippen LogP contribution < -0.4 is 26.2 Å². The molecule has 1 saturated heterocycles. The van der Waals surface area contributed by atoms with Gasteiger partial charge in [-0.2, -0.15) is 5.10 Å². The lowest BCUT2D eigenvalue weighted by Crippen LogP contribution is -2.41. The van der Waals surface area contributed by atoms with E-state index in [2.05, 4.69) is 22.5 Å². The van der Waals surface area contributed by atoms with Gasteiger partial charge in [0.05, 0.1) is 37.7 Å². The van der Waals surface area contributed by atoms with Gasteiger partial charge in [0, 0.05) is 32.5 Å². The molecular weight excluding hydrogens is 488 g/mol. The van der Waals surface area contributed by atoms with Crippen molar-refractivity contribution in [3.05, 3.63) is 55.9 Å². The third-order valence-corrected chi connectivity index (χ3v) is 7.83. The smallest absolute Gasteiger partial charge is 0.276 e. The van der Waals surface area contributed by atoms with Crippen molar-refractivity contribution in [2.45, 2.75) is 45.6 Å². The van der Waals surface area contributed by atoms with Gasteiger partial charge in [0.2, 0.25) is 0 Å². The van der Waals surface area contributed by atoms with Gasteiger partial charge in [0.15, 0.2) is 11.4 Å². The van der Waals surface area contributed by atoms with Gasteiger partial charge in [-0.05, 0) is 36.8 Å². The Balaban J connectivity index is 1.47. The fourth-order valence-corrected chi connectivity index (χ4v) is 5.70. The van der Waals surface area contributed by atoms with Crippen LogP contribution in [-0.2, 0) is 11.8 Å². The van der Waals surface area contributed by atoms with Gasteiger partial charge >= 0.3 is 0 Å². The number of methoxy groups -OCH3 is 1. The number of aromatic nitrogens is 3. The SMILES string of the molecule is COc1c(Nc2c(N[C@@H](c3nn(C)cc3C)C3(C)CCCC3)c(=O)c2=O)ccnc1C(=O)N1CCOCC1. The molecule has 11 nitrogen and oxygen atoms in total. The Hall–Kier alpha value is -3.73. The summed E-state index contributed by atoms with van der Waals surface area (Å²) in [5, 5.41) is 11.2. The predicted molar refractivity (Wildman–Crippen MR) is 143 cm³/mol. The van der Waals surface area contributed by atoms with E-state index in [1.807, 2.05) is 20.2 Å². The zero-order valence-corrected chi connectivity index (χ0v) is 22.3. The molecule has 1 amide bonds. The maximum atomic E-state index is 13.1. The van der Waals surface area contributed by atoms with Gasteiger partial charge in [-0.15, -0.1) is 0 Å². The second-order valence-corrected chi connectivity index (χ2v) is 10.5. The summed E-state index contributed by atoms with van der Waals surface area (Å²) in [6.45, 7) is 6.05. The minimum absolute atomic E-state index is 0.123. The van der Waals surface area contributed by atoms with Gasteiger partial charge in [0.1, 0.15) is 11.4 Å². The molecule has 1 atom stereocenters. The van der Waals surface area contributed by atoms with E-state index in [1.54, 1.807) is 15.6 Å². The lowest BCUT2D eigenvalue weighted by Gasteiger charge is -2.35. The van der Waals surface area contributed by atoms with Gasteiger partial charge in [-0.1, -0.05) is 19.8 Å². The summed E-state index contributed by atoms with van der Waals surface area (Å²) in [6, 6.07) is 1.38. The summed E-state index contributed by atoms with van der Waals surface area (Å²) in [5.41, 5.74) is 1.44. The second-order valence-electron chi connectivity index (χ2n) is 10.5. The summed E-state index contributed by atoms with van der Waals surface area (Å²) in [5.74, 6) is -0.0696. The number of aryl methyl sites for hydroxylation is 2. The van der Waals surface area contributed by atoms with Crippen molar-refractivity contribution in [3.8, 4) is 5.75 Å².